The number of para-hydroxylation sites is 1. The molecule has 46 heavy (non-hydrogen) atoms. The first-order valence-electron chi connectivity index (χ1n) is 16.6. The van der Waals surface area contributed by atoms with Crippen molar-refractivity contribution in [3.8, 4) is 0 Å². The van der Waals surface area contributed by atoms with Crippen molar-refractivity contribution in [3.05, 3.63) is 78.0 Å². The van der Waals surface area contributed by atoms with Crippen LogP contribution < -0.4 is 15.1 Å². The van der Waals surface area contributed by atoms with Crippen LogP contribution in [0.1, 0.15) is 56.5 Å². The molecule has 2 aliphatic heterocycles. The number of likely N-dealkylation sites (N-methyl/N-ethyl adjacent to an activating group) is 2. The molecule has 0 saturated carbocycles. The number of pyridine rings is 1. The van der Waals surface area contributed by atoms with E-state index in [9.17, 15) is 14.4 Å². The van der Waals surface area contributed by atoms with Crippen LogP contribution in [0.5, 0.6) is 0 Å². The Morgan fingerprint density at radius 1 is 0.891 bits per heavy atom. The highest BCUT2D eigenvalue weighted by Crippen LogP contribution is 2.36. The molecule has 0 bridgehead atoms. The van der Waals surface area contributed by atoms with Crippen LogP contribution in [0.25, 0.3) is 0 Å². The molecule has 1 fully saturated rings. The first kappa shape index (κ1) is 33.1. The topological polar surface area (TPSA) is 92.3 Å². The number of anilines is 4. The van der Waals surface area contributed by atoms with Crippen molar-refractivity contribution < 1.29 is 14.4 Å². The van der Waals surface area contributed by atoms with Gasteiger partial charge in [-0.25, -0.2) is 4.98 Å². The summed E-state index contributed by atoms with van der Waals surface area (Å²) in [7, 11) is 0. The van der Waals surface area contributed by atoms with E-state index in [0.717, 1.165) is 45.8 Å². The summed E-state index contributed by atoms with van der Waals surface area (Å²) in [6, 6.07) is 19.9. The molecule has 1 N–H and O–H groups in total. The highest BCUT2D eigenvalue weighted by molar-refractivity contribution is 6.17. The van der Waals surface area contributed by atoms with Gasteiger partial charge >= 0.3 is 0 Å². The number of piperazine rings is 1. The Morgan fingerprint density at radius 2 is 1.63 bits per heavy atom. The van der Waals surface area contributed by atoms with Gasteiger partial charge in [0.1, 0.15) is 0 Å². The zero-order valence-electron chi connectivity index (χ0n) is 27.6. The Bertz CT molecular complexity index is 1500. The molecule has 3 amide bonds. The summed E-state index contributed by atoms with van der Waals surface area (Å²) in [6.07, 6.45) is 1.67. The quantitative estimate of drug-likeness (QED) is 0.303. The smallest absolute Gasteiger partial charge is 0.257 e. The van der Waals surface area contributed by atoms with Gasteiger partial charge in [0.2, 0.25) is 11.8 Å². The van der Waals surface area contributed by atoms with Crippen LogP contribution in [-0.2, 0) is 16.1 Å². The molecule has 3 aromatic rings. The van der Waals surface area contributed by atoms with Crippen molar-refractivity contribution in [1.82, 2.24) is 19.7 Å². The highest BCUT2D eigenvalue weighted by atomic mass is 16.2. The number of amides is 3. The van der Waals surface area contributed by atoms with Gasteiger partial charge in [0.25, 0.3) is 5.91 Å². The van der Waals surface area contributed by atoms with Gasteiger partial charge in [-0.05, 0) is 69.3 Å². The number of fused-ring (bicyclic) bond motifs is 2. The molecular weight excluding hydrogens is 578 g/mol. The van der Waals surface area contributed by atoms with E-state index in [1.54, 1.807) is 42.6 Å². The third-order valence-corrected chi connectivity index (χ3v) is 9.06. The third kappa shape index (κ3) is 7.74. The van der Waals surface area contributed by atoms with Crippen molar-refractivity contribution in [2.75, 3.05) is 67.5 Å². The Morgan fingerprint density at radius 3 is 2.33 bits per heavy atom. The van der Waals surface area contributed by atoms with E-state index < -0.39 is 0 Å². The van der Waals surface area contributed by atoms with Crippen molar-refractivity contribution in [3.63, 3.8) is 0 Å². The fourth-order valence-electron chi connectivity index (χ4n) is 6.21. The molecule has 2 aromatic carbocycles. The number of nitrogens with zero attached hydrogens (tertiary/aromatic N) is 6. The summed E-state index contributed by atoms with van der Waals surface area (Å²) >= 11 is 0. The average molecular weight is 626 g/mol. The van der Waals surface area contributed by atoms with Gasteiger partial charge in [0.05, 0.1) is 16.9 Å². The van der Waals surface area contributed by atoms with E-state index in [-0.39, 0.29) is 30.6 Å². The second-order valence-corrected chi connectivity index (χ2v) is 12.2. The number of rotatable bonds is 12. The summed E-state index contributed by atoms with van der Waals surface area (Å²) < 4.78 is 0. The molecule has 10 nitrogen and oxygen atoms in total. The predicted octanol–water partition coefficient (Wildman–Crippen LogP) is 4.99. The normalized spacial score (nSPS) is 15.0. The minimum atomic E-state index is -0.301. The molecule has 3 heterocycles. The van der Waals surface area contributed by atoms with E-state index in [1.165, 1.54) is 16.2 Å². The minimum Gasteiger partial charge on any atom is -0.369 e. The molecule has 0 aliphatic carbocycles. The van der Waals surface area contributed by atoms with Crippen LogP contribution in [0.4, 0.5) is 22.9 Å². The molecule has 2 aliphatic rings. The van der Waals surface area contributed by atoms with E-state index in [0.29, 0.717) is 41.9 Å². The number of nitrogens with one attached hydrogen (secondary N) is 1. The Labute approximate surface area is 273 Å². The van der Waals surface area contributed by atoms with Crippen molar-refractivity contribution >= 4 is 40.6 Å². The second kappa shape index (κ2) is 15.3. The second-order valence-electron chi connectivity index (χ2n) is 12.2. The van der Waals surface area contributed by atoms with Crippen LogP contribution in [0.2, 0.25) is 0 Å². The lowest BCUT2D eigenvalue weighted by molar-refractivity contribution is -0.133. The first-order valence-corrected chi connectivity index (χ1v) is 16.6. The van der Waals surface area contributed by atoms with Gasteiger partial charge in [-0.2, -0.15) is 0 Å². The minimum absolute atomic E-state index is 0.00420. The zero-order chi connectivity index (χ0) is 32.6. The van der Waals surface area contributed by atoms with Gasteiger partial charge in [0, 0.05) is 83.1 Å². The fraction of sp³-hybridized carbons (Fsp3) is 0.444. The van der Waals surface area contributed by atoms with E-state index >= 15 is 0 Å². The number of aromatic nitrogens is 1. The van der Waals surface area contributed by atoms with Crippen molar-refractivity contribution in [2.45, 2.75) is 53.1 Å². The Hall–Kier alpha value is -4.28. The van der Waals surface area contributed by atoms with E-state index in [4.69, 9.17) is 0 Å². The Kier molecular flexibility index (Phi) is 11.0. The van der Waals surface area contributed by atoms with Gasteiger partial charge in [-0.15, -0.1) is 0 Å². The maximum Gasteiger partial charge on any atom is 0.257 e. The standard InChI is InChI=1S/C36H47N7O3/c1-5-39(26-28-13-15-29(16-14-28)42-24-22-41(23-25-42)27(3)4)20-21-40(6-2)33(44)17-18-34(45)43-32-12-8-7-10-30(32)36(46)38-31-11-9-19-37-35(31)43/h7-16,19,27H,5-6,17-18,20-26H2,1-4H3,(H,38,46). The summed E-state index contributed by atoms with van der Waals surface area (Å²) in [5.74, 6) is -0.294. The maximum absolute atomic E-state index is 13.6. The summed E-state index contributed by atoms with van der Waals surface area (Å²) in [6.45, 7) is 16.5. The molecule has 0 atom stereocenters. The first-order chi connectivity index (χ1) is 22.3. The van der Waals surface area contributed by atoms with Crippen LogP contribution in [0.3, 0.4) is 0 Å². The molecule has 10 heteroatoms. The lowest BCUT2D eigenvalue weighted by atomic mass is 10.1. The Balaban J connectivity index is 1.15. The third-order valence-electron chi connectivity index (χ3n) is 9.06. The number of benzene rings is 2. The summed E-state index contributed by atoms with van der Waals surface area (Å²) in [5, 5.41) is 2.85. The lowest BCUT2D eigenvalue weighted by Gasteiger charge is -2.38. The number of carbonyl (C=O) groups excluding carboxylic acids is 3. The molecule has 244 valence electrons. The highest BCUT2D eigenvalue weighted by Gasteiger charge is 2.30. The fourth-order valence-corrected chi connectivity index (χ4v) is 6.21. The van der Waals surface area contributed by atoms with Crippen LogP contribution >= 0.6 is 0 Å². The van der Waals surface area contributed by atoms with Crippen LogP contribution in [-0.4, -0.2) is 95.8 Å². The van der Waals surface area contributed by atoms with E-state index in [2.05, 4.69) is 70.0 Å². The zero-order valence-corrected chi connectivity index (χ0v) is 27.6. The number of carbonyl (C=O) groups is 3. The van der Waals surface area contributed by atoms with Gasteiger partial charge in [0.15, 0.2) is 5.82 Å². The van der Waals surface area contributed by atoms with Crippen molar-refractivity contribution in [1.29, 1.82) is 0 Å². The molecule has 0 unspecified atom stereocenters. The largest absolute Gasteiger partial charge is 0.369 e. The van der Waals surface area contributed by atoms with Gasteiger partial charge < -0.3 is 15.1 Å². The van der Waals surface area contributed by atoms with Crippen molar-refractivity contribution in [2.24, 2.45) is 0 Å². The van der Waals surface area contributed by atoms with Gasteiger partial charge in [-0.3, -0.25) is 29.1 Å². The maximum atomic E-state index is 13.6. The molecule has 0 radical (unpaired) electrons. The average Bonchev–Trinajstić information content (AvgIpc) is 3.20. The molecule has 5 rings (SSSR count). The van der Waals surface area contributed by atoms with Crippen LogP contribution in [0, 0.1) is 0 Å². The number of hydrogen-bond acceptors (Lipinski definition) is 7. The van der Waals surface area contributed by atoms with Gasteiger partial charge in [-0.1, -0.05) is 31.2 Å². The monoisotopic (exact) mass is 625 g/mol. The molecule has 1 saturated heterocycles. The lowest BCUT2D eigenvalue weighted by Crippen LogP contribution is -2.48. The van der Waals surface area contributed by atoms with Crippen LogP contribution in [0.15, 0.2) is 66.9 Å². The SMILES string of the molecule is CCN(CCN(CC)C(=O)CCC(=O)N1c2ccccc2C(=O)Nc2cccnc21)Cc1ccc(N2CCN(C(C)C)CC2)cc1. The predicted molar refractivity (Wildman–Crippen MR) is 184 cm³/mol. The van der Waals surface area contributed by atoms with E-state index in [1.807, 2.05) is 11.8 Å². The summed E-state index contributed by atoms with van der Waals surface area (Å²) in [5.41, 5.74) is 3.83. The molecule has 1 aromatic heterocycles. The summed E-state index contributed by atoms with van der Waals surface area (Å²) in [4.78, 5) is 54.9. The molecule has 0 spiro atoms. The molecular formula is C36H47N7O3. The number of hydrogen-bond donors (Lipinski definition) is 1.